The van der Waals surface area contributed by atoms with Crippen LogP contribution in [-0.2, 0) is 0 Å². The number of hydrogen-bond donors (Lipinski definition) is 1. The fraction of sp³-hybridized carbons (Fsp3) is 0.118. The summed E-state index contributed by atoms with van der Waals surface area (Å²) in [6, 6.07) is 14.0. The Kier molecular flexibility index (Phi) is 3.91. The van der Waals surface area contributed by atoms with E-state index in [-0.39, 0.29) is 5.82 Å². The molecule has 0 spiro atoms. The van der Waals surface area contributed by atoms with Crippen molar-refractivity contribution in [1.82, 2.24) is 4.98 Å². The summed E-state index contributed by atoms with van der Waals surface area (Å²) < 4.78 is 13.9. The Morgan fingerprint density at radius 3 is 2.67 bits per heavy atom. The van der Waals surface area contributed by atoms with Crippen molar-refractivity contribution in [2.24, 2.45) is 0 Å². The van der Waals surface area contributed by atoms with Crippen LogP contribution in [0.5, 0.6) is 0 Å². The van der Waals surface area contributed by atoms with Crippen molar-refractivity contribution in [3.05, 3.63) is 74.7 Å². The molecule has 0 aliphatic rings. The van der Waals surface area contributed by atoms with Crippen LogP contribution < -0.4 is 0 Å². The van der Waals surface area contributed by atoms with Crippen LogP contribution in [0.1, 0.15) is 22.9 Å². The molecule has 3 rings (SSSR count). The molecule has 1 heterocycles. The summed E-state index contributed by atoms with van der Waals surface area (Å²) in [6.07, 6.45) is -0.775. The minimum Gasteiger partial charge on any atom is -0.384 e. The predicted octanol–water partition coefficient (Wildman–Crippen LogP) is 4.37. The zero-order valence-electron chi connectivity index (χ0n) is 11.3. The van der Waals surface area contributed by atoms with Gasteiger partial charge in [-0.05, 0) is 71.0 Å². The number of aliphatic hydroxyl groups is 1. The Bertz CT molecular complexity index is 819. The van der Waals surface area contributed by atoms with Gasteiger partial charge in [-0.3, -0.25) is 4.98 Å². The van der Waals surface area contributed by atoms with E-state index in [2.05, 4.69) is 4.98 Å². The number of aryl methyl sites for hydroxylation is 1. The Hall–Kier alpha value is -1.53. The molecule has 2 nitrogen and oxygen atoms in total. The molecule has 0 saturated carbocycles. The minimum absolute atomic E-state index is 0.298. The first-order valence-electron chi connectivity index (χ1n) is 6.55. The molecule has 1 atom stereocenters. The summed E-state index contributed by atoms with van der Waals surface area (Å²) in [4.78, 5) is 4.45. The Balaban J connectivity index is 2.04. The maximum absolute atomic E-state index is 13.2. The molecule has 3 aromatic rings. The first-order chi connectivity index (χ1) is 10.0. The van der Waals surface area contributed by atoms with Gasteiger partial charge in [-0.15, -0.1) is 0 Å². The summed E-state index contributed by atoms with van der Waals surface area (Å²) in [5.41, 5.74) is 3.35. The van der Waals surface area contributed by atoms with E-state index in [9.17, 15) is 9.50 Å². The Morgan fingerprint density at radius 1 is 1.10 bits per heavy atom. The molecule has 21 heavy (non-hydrogen) atoms. The average molecular weight is 393 g/mol. The molecule has 0 amide bonds. The third-order valence-corrected chi connectivity index (χ3v) is 4.36. The molecule has 0 bridgehead atoms. The topological polar surface area (TPSA) is 33.1 Å². The number of pyridine rings is 1. The van der Waals surface area contributed by atoms with Crippen molar-refractivity contribution in [3.63, 3.8) is 0 Å². The van der Waals surface area contributed by atoms with Crippen LogP contribution in [0.25, 0.3) is 10.9 Å². The zero-order chi connectivity index (χ0) is 15.0. The van der Waals surface area contributed by atoms with Crippen LogP contribution in [0.3, 0.4) is 0 Å². The van der Waals surface area contributed by atoms with Crippen LogP contribution in [0.4, 0.5) is 4.39 Å². The average Bonchev–Trinajstić information content (AvgIpc) is 2.46. The number of nitrogens with zero attached hydrogens (tertiary/aromatic N) is 1. The van der Waals surface area contributed by atoms with E-state index < -0.39 is 6.10 Å². The molecule has 0 fully saturated rings. The van der Waals surface area contributed by atoms with E-state index >= 15 is 0 Å². The lowest BCUT2D eigenvalue weighted by Gasteiger charge is -2.14. The summed E-state index contributed by atoms with van der Waals surface area (Å²) >= 11 is 2.04. The molecule has 1 unspecified atom stereocenters. The van der Waals surface area contributed by atoms with Gasteiger partial charge in [-0.25, -0.2) is 4.39 Å². The number of aliphatic hydroxyl groups excluding tert-OH is 1. The zero-order valence-corrected chi connectivity index (χ0v) is 13.5. The quantitative estimate of drug-likeness (QED) is 0.656. The second kappa shape index (κ2) is 5.69. The summed E-state index contributed by atoms with van der Waals surface area (Å²) in [7, 11) is 0. The monoisotopic (exact) mass is 393 g/mol. The highest BCUT2D eigenvalue weighted by Gasteiger charge is 2.14. The fourth-order valence-corrected chi connectivity index (χ4v) is 3.09. The molecule has 0 aliphatic heterocycles. The van der Waals surface area contributed by atoms with Crippen LogP contribution in [-0.4, -0.2) is 10.1 Å². The first-order valence-corrected chi connectivity index (χ1v) is 7.63. The van der Waals surface area contributed by atoms with E-state index in [1.807, 2.05) is 59.8 Å². The lowest BCUT2D eigenvalue weighted by atomic mass is 10.00. The van der Waals surface area contributed by atoms with Gasteiger partial charge in [0.1, 0.15) is 11.9 Å². The van der Waals surface area contributed by atoms with Gasteiger partial charge >= 0.3 is 0 Å². The van der Waals surface area contributed by atoms with Crippen LogP contribution in [0, 0.1) is 16.3 Å². The maximum atomic E-state index is 13.2. The summed E-state index contributed by atoms with van der Waals surface area (Å²) in [5.74, 6) is -0.298. The third kappa shape index (κ3) is 2.91. The number of aromatic nitrogens is 1. The van der Waals surface area contributed by atoms with E-state index in [1.165, 1.54) is 12.1 Å². The molecule has 1 aromatic heterocycles. The van der Waals surface area contributed by atoms with Gasteiger partial charge in [0.15, 0.2) is 0 Å². The van der Waals surface area contributed by atoms with Crippen molar-refractivity contribution in [3.8, 4) is 0 Å². The summed E-state index contributed by atoms with van der Waals surface area (Å²) in [6.45, 7) is 1.95. The standard InChI is InChI=1S/C17H13FINO/c1-10-2-3-11-8-12(4-7-16(11)20-10)17(21)14-6-5-13(18)9-15(14)19/h2-9,17,21H,1H3. The Labute approximate surface area is 135 Å². The van der Waals surface area contributed by atoms with E-state index in [0.717, 1.165) is 22.2 Å². The normalized spacial score (nSPS) is 12.6. The minimum atomic E-state index is -0.775. The van der Waals surface area contributed by atoms with Crippen molar-refractivity contribution < 1.29 is 9.50 Å². The molecule has 106 valence electrons. The van der Waals surface area contributed by atoms with E-state index in [0.29, 0.717) is 9.13 Å². The molecule has 4 heteroatoms. The molecule has 0 aliphatic carbocycles. The number of fused-ring (bicyclic) bond motifs is 1. The highest BCUT2D eigenvalue weighted by Crippen LogP contribution is 2.28. The van der Waals surface area contributed by atoms with Gasteiger partial charge in [-0.1, -0.05) is 18.2 Å². The molecular weight excluding hydrogens is 380 g/mol. The highest BCUT2D eigenvalue weighted by atomic mass is 127. The second-order valence-electron chi connectivity index (χ2n) is 4.97. The molecular formula is C17H13FINO. The lowest BCUT2D eigenvalue weighted by Crippen LogP contribution is -2.02. The van der Waals surface area contributed by atoms with E-state index in [4.69, 9.17) is 0 Å². The van der Waals surface area contributed by atoms with Crippen molar-refractivity contribution in [2.75, 3.05) is 0 Å². The van der Waals surface area contributed by atoms with Gasteiger partial charge in [-0.2, -0.15) is 0 Å². The molecule has 2 aromatic carbocycles. The SMILES string of the molecule is Cc1ccc2cc(C(O)c3ccc(F)cc3I)ccc2n1. The maximum Gasteiger partial charge on any atom is 0.124 e. The van der Waals surface area contributed by atoms with Crippen LogP contribution in [0.15, 0.2) is 48.5 Å². The van der Waals surface area contributed by atoms with Crippen molar-refractivity contribution >= 4 is 33.5 Å². The number of halogens is 2. The van der Waals surface area contributed by atoms with Crippen molar-refractivity contribution in [1.29, 1.82) is 0 Å². The highest BCUT2D eigenvalue weighted by molar-refractivity contribution is 14.1. The molecule has 0 saturated heterocycles. The first kappa shape index (κ1) is 14.4. The number of hydrogen-bond acceptors (Lipinski definition) is 2. The number of benzene rings is 2. The van der Waals surface area contributed by atoms with Crippen LogP contribution in [0.2, 0.25) is 0 Å². The van der Waals surface area contributed by atoms with Gasteiger partial charge in [0.2, 0.25) is 0 Å². The second-order valence-corrected chi connectivity index (χ2v) is 6.14. The smallest absolute Gasteiger partial charge is 0.124 e. The predicted molar refractivity (Wildman–Crippen MR) is 89.7 cm³/mol. The van der Waals surface area contributed by atoms with Crippen molar-refractivity contribution in [2.45, 2.75) is 13.0 Å². The largest absolute Gasteiger partial charge is 0.384 e. The fourth-order valence-electron chi connectivity index (χ4n) is 2.32. The van der Waals surface area contributed by atoms with E-state index in [1.54, 1.807) is 6.07 Å². The Morgan fingerprint density at radius 2 is 1.90 bits per heavy atom. The summed E-state index contributed by atoms with van der Waals surface area (Å²) in [5, 5.41) is 11.5. The van der Waals surface area contributed by atoms with Gasteiger partial charge in [0, 0.05) is 14.7 Å². The van der Waals surface area contributed by atoms with Crippen LogP contribution >= 0.6 is 22.6 Å². The molecule has 1 N–H and O–H groups in total. The molecule has 0 radical (unpaired) electrons. The van der Waals surface area contributed by atoms with Gasteiger partial charge in [0.25, 0.3) is 0 Å². The van der Waals surface area contributed by atoms with Gasteiger partial charge < -0.3 is 5.11 Å². The lowest BCUT2D eigenvalue weighted by molar-refractivity contribution is 0.219. The van der Waals surface area contributed by atoms with Gasteiger partial charge in [0.05, 0.1) is 5.52 Å². The third-order valence-electron chi connectivity index (χ3n) is 3.43. The number of rotatable bonds is 2.